The Kier molecular flexibility index (Phi) is 5.78. The summed E-state index contributed by atoms with van der Waals surface area (Å²) in [5, 5.41) is 3.95. The van der Waals surface area contributed by atoms with Crippen LogP contribution in [0.15, 0.2) is 64.2 Å². The second-order valence-corrected chi connectivity index (χ2v) is 9.50. The molecule has 0 aliphatic carbocycles. The molecule has 0 fully saturated rings. The van der Waals surface area contributed by atoms with Gasteiger partial charge >= 0.3 is 0 Å². The van der Waals surface area contributed by atoms with Crippen molar-refractivity contribution in [2.75, 3.05) is 13.1 Å². The second-order valence-electron chi connectivity index (χ2n) is 6.99. The van der Waals surface area contributed by atoms with Crippen molar-refractivity contribution in [3.8, 4) is 0 Å². The predicted octanol–water partition coefficient (Wildman–Crippen LogP) is 4.10. The van der Waals surface area contributed by atoms with E-state index in [9.17, 15) is 17.2 Å². The number of fused-ring (bicyclic) bond motifs is 1. The third-order valence-electron chi connectivity index (χ3n) is 5.18. The molecular formula is C21H20F2N2O2S2. The number of rotatable bonds is 6. The van der Waals surface area contributed by atoms with Gasteiger partial charge in [0.05, 0.1) is 0 Å². The van der Waals surface area contributed by atoms with E-state index >= 15 is 0 Å². The van der Waals surface area contributed by atoms with Gasteiger partial charge in [-0.25, -0.2) is 21.9 Å². The molecule has 0 saturated carbocycles. The maximum Gasteiger partial charge on any atom is 0.243 e. The third kappa shape index (κ3) is 4.40. The lowest BCUT2D eigenvalue weighted by molar-refractivity contribution is 0.180. The molecule has 29 heavy (non-hydrogen) atoms. The zero-order chi connectivity index (χ0) is 20.4. The van der Waals surface area contributed by atoms with Gasteiger partial charge in [0.25, 0.3) is 0 Å². The first-order valence-electron chi connectivity index (χ1n) is 9.22. The van der Waals surface area contributed by atoms with Crippen molar-refractivity contribution < 1.29 is 17.2 Å². The standard InChI is InChI=1S/C21H20F2N2O2S2/c22-18-5-6-21(19(23)11-18)29(26,27)24-12-20(17-8-10-28-14-17)25-9-7-15-3-1-2-4-16(15)13-25/h1-6,8,10-11,14,20,24H,7,9,12-13H2/t20-/m0/s1. The molecule has 4 nitrogen and oxygen atoms in total. The molecule has 0 bridgehead atoms. The molecule has 2 heterocycles. The molecule has 0 amide bonds. The number of nitrogens with one attached hydrogen (secondary N) is 1. The second kappa shape index (κ2) is 8.31. The van der Waals surface area contributed by atoms with Crippen molar-refractivity contribution in [1.29, 1.82) is 0 Å². The molecule has 1 aliphatic rings. The van der Waals surface area contributed by atoms with Crippen LogP contribution in [0.5, 0.6) is 0 Å². The molecule has 1 N–H and O–H groups in total. The van der Waals surface area contributed by atoms with Gasteiger partial charge in [0, 0.05) is 31.7 Å². The highest BCUT2D eigenvalue weighted by Crippen LogP contribution is 2.29. The van der Waals surface area contributed by atoms with Crippen LogP contribution in [0.1, 0.15) is 22.7 Å². The maximum atomic E-state index is 14.0. The van der Waals surface area contributed by atoms with E-state index in [0.717, 1.165) is 30.7 Å². The molecule has 1 atom stereocenters. The maximum absolute atomic E-state index is 14.0. The van der Waals surface area contributed by atoms with Gasteiger partial charge in [-0.15, -0.1) is 0 Å². The average molecular weight is 435 g/mol. The quantitative estimate of drug-likeness (QED) is 0.635. The van der Waals surface area contributed by atoms with E-state index in [1.54, 1.807) is 11.3 Å². The minimum absolute atomic E-state index is 0.0953. The molecule has 2 aromatic carbocycles. The molecule has 0 radical (unpaired) electrons. The third-order valence-corrected chi connectivity index (χ3v) is 7.34. The number of thiophene rings is 1. The Morgan fingerprint density at radius 2 is 1.90 bits per heavy atom. The number of benzene rings is 2. The fourth-order valence-corrected chi connectivity index (χ4v) is 5.47. The van der Waals surface area contributed by atoms with Crippen molar-refractivity contribution in [1.82, 2.24) is 9.62 Å². The largest absolute Gasteiger partial charge is 0.290 e. The van der Waals surface area contributed by atoms with Crippen molar-refractivity contribution in [3.05, 3.63) is 87.6 Å². The van der Waals surface area contributed by atoms with Gasteiger partial charge in [0.2, 0.25) is 10.0 Å². The Labute approximate surface area is 172 Å². The first-order chi connectivity index (χ1) is 13.9. The Hall–Kier alpha value is -2.13. The Morgan fingerprint density at radius 1 is 1.10 bits per heavy atom. The summed E-state index contributed by atoms with van der Waals surface area (Å²) in [7, 11) is -4.11. The van der Waals surface area contributed by atoms with Crippen LogP contribution >= 0.6 is 11.3 Å². The van der Waals surface area contributed by atoms with Crippen molar-refractivity contribution in [3.63, 3.8) is 0 Å². The van der Waals surface area contributed by atoms with E-state index in [0.29, 0.717) is 12.6 Å². The van der Waals surface area contributed by atoms with Gasteiger partial charge in [0.15, 0.2) is 0 Å². The van der Waals surface area contributed by atoms with Gasteiger partial charge < -0.3 is 0 Å². The molecule has 1 aliphatic heterocycles. The van der Waals surface area contributed by atoms with Crippen LogP contribution in [-0.4, -0.2) is 26.4 Å². The van der Waals surface area contributed by atoms with Gasteiger partial charge in [0.1, 0.15) is 16.5 Å². The van der Waals surface area contributed by atoms with Crippen LogP contribution in [-0.2, 0) is 23.0 Å². The van der Waals surface area contributed by atoms with Crippen molar-refractivity contribution >= 4 is 21.4 Å². The van der Waals surface area contributed by atoms with E-state index in [4.69, 9.17) is 0 Å². The molecule has 3 aromatic rings. The number of nitrogens with zero attached hydrogens (tertiary/aromatic N) is 1. The summed E-state index contributed by atoms with van der Waals surface area (Å²) in [5.41, 5.74) is 3.55. The molecule has 0 spiro atoms. The molecule has 8 heteroatoms. The predicted molar refractivity (Wildman–Crippen MR) is 109 cm³/mol. The highest BCUT2D eigenvalue weighted by atomic mass is 32.2. The molecular weight excluding hydrogens is 414 g/mol. The minimum atomic E-state index is -4.11. The molecule has 1 aromatic heterocycles. The van der Waals surface area contributed by atoms with Crippen molar-refractivity contribution in [2.45, 2.75) is 23.9 Å². The van der Waals surface area contributed by atoms with Crippen LogP contribution in [0, 0.1) is 11.6 Å². The van der Waals surface area contributed by atoms with Crippen LogP contribution in [0.2, 0.25) is 0 Å². The van der Waals surface area contributed by atoms with Crippen LogP contribution < -0.4 is 4.72 Å². The molecule has 4 rings (SSSR count). The Morgan fingerprint density at radius 3 is 2.62 bits per heavy atom. The van der Waals surface area contributed by atoms with Crippen LogP contribution in [0.4, 0.5) is 8.78 Å². The number of hydrogen-bond donors (Lipinski definition) is 1. The lowest BCUT2D eigenvalue weighted by Crippen LogP contribution is -2.40. The smallest absolute Gasteiger partial charge is 0.243 e. The Bertz CT molecular complexity index is 1100. The van der Waals surface area contributed by atoms with Gasteiger partial charge in [-0.1, -0.05) is 24.3 Å². The first kappa shape index (κ1) is 20.2. The zero-order valence-corrected chi connectivity index (χ0v) is 17.1. The van der Waals surface area contributed by atoms with E-state index in [-0.39, 0.29) is 12.6 Å². The van der Waals surface area contributed by atoms with Gasteiger partial charge in [-0.05, 0) is 52.1 Å². The highest BCUT2D eigenvalue weighted by molar-refractivity contribution is 7.89. The number of sulfonamides is 1. The lowest BCUT2D eigenvalue weighted by atomic mass is 9.97. The summed E-state index contributed by atoms with van der Waals surface area (Å²) in [4.78, 5) is 1.68. The van der Waals surface area contributed by atoms with Gasteiger partial charge in [-0.3, -0.25) is 4.90 Å². The van der Waals surface area contributed by atoms with E-state index < -0.39 is 26.6 Å². The summed E-state index contributed by atoms with van der Waals surface area (Å²) >= 11 is 1.55. The number of hydrogen-bond acceptors (Lipinski definition) is 4. The molecule has 152 valence electrons. The Balaban J connectivity index is 1.56. The molecule has 0 saturated heterocycles. The summed E-state index contributed by atoms with van der Waals surface area (Å²) in [5.74, 6) is -1.92. The van der Waals surface area contributed by atoms with Crippen LogP contribution in [0.3, 0.4) is 0 Å². The summed E-state index contributed by atoms with van der Waals surface area (Å²) in [6, 6.07) is 12.5. The zero-order valence-electron chi connectivity index (χ0n) is 15.5. The highest BCUT2D eigenvalue weighted by Gasteiger charge is 2.28. The van der Waals surface area contributed by atoms with E-state index in [1.807, 2.05) is 29.0 Å². The summed E-state index contributed by atoms with van der Waals surface area (Å²) in [6.07, 6.45) is 0.885. The monoisotopic (exact) mass is 434 g/mol. The fraction of sp³-hybridized carbons (Fsp3) is 0.238. The topological polar surface area (TPSA) is 49.4 Å². The van der Waals surface area contributed by atoms with Crippen LogP contribution in [0.25, 0.3) is 0 Å². The average Bonchev–Trinajstić information content (AvgIpc) is 3.22. The number of halogens is 2. The van der Waals surface area contributed by atoms with Crippen molar-refractivity contribution in [2.24, 2.45) is 0 Å². The first-order valence-corrected chi connectivity index (χ1v) is 11.6. The summed E-state index contributed by atoms with van der Waals surface area (Å²) < 4.78 is 54.9. The fourth-order valence-electron chi connectivity index (χ4n) is 3.67. The lowest BCUT2D eigenvalue weighted by Gasteiger charge is -2.35. The minimum Gasteiger partial charge on any atom is -0.290 e. The van der Waals surface area contributed by atoms with E-state index in [2.05, 4.69) is 21.8 Å². The van der Waals surface area contributed by atoms with Gasteiger partial charge in [-0.2, -0.15) is 11.3 Å². The normalized spacial score (nSPS) is 15.8. The SMILES string of the molecule is O=S(=O)(NC[C@@H](c1ccsc1)N1CCc2ccccc2C1)c1ccc(F)cc1F. The summed E-state index contributed by atoms with van der Waals surface area (Å²) in [6.45, 7) is 1.60. The van der Waals surface area contributed by atoms with E-state index in [1.165, 1.54) is 11.1 Å². The molecule has 0 unspecified atom stereocenters.